The van der Waals surface area contributed by atoms with E-state index in [1.807, 2.05) is 30.3 Å². The van der Waals surface area contributed by atoms with Gasteiger partial charge in [0.25, 0.3) is 5.91 Å². The number of aliphatic carboxylic acids is 1. The Hall–Kier alpha value is -2.63. The number of rotatable bonds is 5. The number of hydrogen-bond acceptors (Lipinski definition) is 4. The first-order chi connectivity index (χ1) is 10.4. The molecule has 1 N–H and O–H groups in total. The molecule has 0 aliphatic rings. The highest BCUT2D eigenvalue weighted by atomic mass is 16.4. The highest BCUT2D eigenvalue weighted by Crippen LogP contribution is 2.25. The molecule has 0 fully saturated rings. The van der Waals surface area contributed by atoms with Gasteiger partial charge in [-0.3, -0.25) is 9.59 Å². The Labute approximate surface area is 128 Å². The number of benzene rings is 1. The molecule has 0 saturated carbocycles. The summed E-state index contributed by atoms with van der Waals surface area (Å²) in [6, 6.07) is 9.22. The summed E-state index contributed by atoms with van der Waals surface area (Å²) >= 11 is 0. The fourth-order valence-electron chi connectivity index (χ4n) is 2.11. The molecule has 0 spiro atoms. The van der Waals surface area contributed by atoms with Gasteiger partial charge in [0.2, 0.25) is 0 Å². The topological polar surface area (TPSA) is 83.6 Å². The van der Waals surface area contributed by atoms with Crippen LogP contribution in [0.2, 0.25) is 0 Å². The fourth-order valence-corrected chi connectivity index (χ4v) is 2.11. The highest BCUT2D eigenvalue weighted by Gasteiger charge is 2.25. The van der Waals surface area contributed by atoms with Crippen LogP contribution in [0, 0.1) is 12.8 Å². The molecule has 6 heteroatoms. The predicted octanol–water partition coefficient (Wildman–Crippen LogP) is 2.44. The van der Waals surface area contributed by atoms with Gasteiger partial charge in [0.05, 0.1) is 5.92 Å². The average molecular weight is 302 g/mol. The molecule has 22 heavy (non-hydrogen) atoms. The van der Waals surface area contributed by atoms with Gasteiger partial charge in [-0.1, -0.05) is 37.3 Å². The standard InChI is InChI=1S/C16H18N2O4/c1-10(16(20)21)9-18(3)15(19)13-14(22-11(2)17-13)12-7-5-4-6-8-12/h4-8,10H,9H2,1-3H3,(H,20,21). The van der Waals surface area contributed by atoms with Crippen molar-refractivity contribution < 1.29 is 19.1 Å². The van der Waals surface area contributed by atoms with E-state index in [1.54, 1.807) is 20.9 Å². The molecule has 1 aromatic heterocycles. The van der Waals surface area contributed by atoms with Gasteiger partial charge in [0.1, 0.15) is 0 Å². The summed E-state index contributed by atoms with van der Waals surface area (Å²) in [6.45, 7) is 3.33. The van der Waals surface area contributed by atoms with Crippen LogP contribution in [0.15, 0.2) is 34.7 Å². The Kier molecular flexibility index (Phi) is 4.60. The number of nitrogens with zero attached hydrogens (tertiary/aromatic N) is 2. The number of carboxylic acid groups (broad SMARTS) is 1. The van der Waals surface area contributed by atoms with Crippen LogP contribution < -0.4 is 0 Å². The number of aromatic nitrogens is 1. The van der Waals surface area contributed by atoms with Gasteiger partial charge >= 0.3 is 5.97 Å². The average Bonchev–Trinajstić information content (AvgIpc) is 2.89. The van der Waals surface area contributed by atoms with E-state index < -0.39 is 11.9 Å². The molecule has 6 nitrogen and oxygen atoms in total. The first-order valence-corrected chi connectivity index (χ1v) is 6.91. The molecule has 2 aromatic rings. The number of aryl methyl sites for hydroxylation is 1. The molecule has 1 amide bonds. The summed E-state index contributed by atoms with van der Waals surface area (Å²) in [5.74, 6) is -1.16. The van der Waals surface area contributed by atoms with E-state index in [0.29, 0.717) is 11.7 Å². The van der Waals surface area contributed by atoms with Crippen LogP contribution in [-0.2, 0) is 4.79 Å². The largest absolute Gasteiger partial charge is 0.481 e. The third kappa shape index (κ3) is 3.33. The summed E-state index contributed by atoms with van der Waals surface area (Å²) in [4.78, 5) is 28.9. The number of hydrogen-bond donors (Lipinski definition) is 1. The second-order valence-corrected chi connectivity index (χ2v) is 5.20. The van der Waals surface area contributed by atoms with Crippen molar-refractivity contribution in [1.29, 1.82) is 0 Å². The lowest BCUT2D eigenvalue weighted by atomic mass is 10.1. The molecule has 116 valence electrons. The minimum atomic E-state index is -0.945. The van der Waals surface area contributed by atoms with Gasteiger partial charge in [-0.05, 0) is 0 Å². The lowest BCUT2D eigenvalue weighted by Gasteiger charge is -2.18. The zero-order valence-corrected chi connectivity index (χ0v) is 12.7. The van der Waals surface area contributed by atoms with Crippen LogP contribution in [-0.4, -0.2) is 40.5 Å². The van der Waals surface area contributed by atoms with E-state index in [4.69, 9.17) is 9.52 Å². The summed E-state index contributed by atoms with van der Waals surface area (Å²) in [7, 11) is 1.56. The molecule has 2 rings (SSSR count). The van der Waals surface area contributed by atoms with Crippen molar-refractivity contribution in [3.8, 4) is 11.3 Å². The Morgan fingerprint density at radius 1 is 1.32 bits per heavy atom. The third-order valence-electron chi connectivity index (χ3n) is 3.29. The molecule has 0 aliphatic carbocycles. The van der Waals surface area contributed by atoms with Crippen molar-refractivity contribution in [3.63, 3.8) is 0 Å². The van der Waals surface area contributed by atoms with Gasteiger partial charge < -0.3 is 14.4 Å². The number of amides is 1. The van der Waals surface area contributed by atoms with Crippen molar-refractivity contribution in [1.82, 2.24) is 9.88 Å². The molecular formula is C16H18N2O4. The molecular weight excluding hydrogens is 284 g/mol. The lowest BCUT2D eigenvalue weighted by molar-refractivity contribution is -0.141. The van der Waals surface area contributed by atoms with E-state index in [1.165, 1.54) is 4.90 Å². The molecule has 0 aliphatic heterocycles. The van der Waals surface area contributed by atoms with Crippen LogP contribution in [0.1, 0.15) is 23.3 Å². The first kappa shape index (κ1) is 15.8. The summed E-state index contributed by atoms with van der Waals surface area (Å²) in [6.07, 6.45) is 0. The SMILES string of the molecule is Cc1nc(C(=O)N(C)CC(C)C(=O)O)c(-c2ccccc2)o1. The fraction of sp³-hybridized carbons (Fsp3) is 0.312. The van der Waals surface area contributed by atoms with E-state index in [9.17, 15) is 9.59 Å². The summed E-state index contributed by atoms with van der Waals surface area (Å²) < 4.78 is 5.55. The maximum Gasteiger partial charge on any atom is 0.308 e. The predicted molar refractivity (Wildman–Crippen MR) is 80.4 cm³/mol. The summed E-state index contributed by atoms with van der Waals surface area (Å²) in [5.41, 5.74) is 0.954. The van der Waals surface area contributed by atoms with Crippen molar-refractivity contribution in [2.75, 3.05) is 13.6 Å². The monoisotopic (exact) mass is 302 g/mol. The van der Waals surface area contributed by atoms with Crippen LogP contribution in [0.5, 0.6) is 0 Å². The van der Waals surface area contributed by atoms with Crippen LogP contribution >= 0.6 is 0 Å². The van der Waals surface area contributed by atoms with Gasteiger partial charge in [-0.2, -0.15) is 0 Å². The minimum Gasteiger partial charge on any atom is -0.481 e. The zero-order valence-electron chi connectivity index (χ0n) is 12.7. The molecule has 1 heterocycles. The normalized spacial score (nSPS) is 12.0. The lowest BCUT2D eigenvalue weighted by Crippen LogP contribution is -2.34. The van der Waals surface area contributed by atoms with Crippen LogP contribution in [0.3, 0.4) is 0 Å². The first-order valence-electron chi connectivity index (χ1n) is 6.91. The van der Waals surface area contributed by atoms with Gasteiger partial charge in [0, 0.05) is 26.1 Å². The number of carbonyl (C=O) groups excluding carboxylic acids is 1. The molecule has 1 atom stereocenters. The van der Waals surface area contributed by atoms with Crippen molar-refractivity contribution in [3.05, 3.63) is 41.9 Å². The van der Waals surface area contributed by atoms with Crippen LogP contribution in [0.4, 0.5) is 0 Å². The second-order valence-electron chi connectivity index (χ2n) is 5.20. The minimum absolute atomic E-state index is 0.105. The maximum atomic E-state index is 12.5. The Balaban J connectivity index is 2.29. The molecule has 0 saturated heterocycles. The Bertz CT molecular complexity index is 679. The molecule has 1 aromatic carbocycles. The van der Waals surface area contributed by atoms with Gasteiger partial charge in [-0.25, -0.2) is 4.98 Å². The highest BCUT2D eigenvalue weighted by molar-refractivity contribution is 5.97. The third-order valence-corrected chi connectivity index (χ3v) is 3.29. The molecule has 0 radical (unpaired) electrons. The van der Waals surface area contributed by atoms with E-state index in [-0.39, 0.29) is 18.1 Å². The van der Waals surface area contributed by atoms with E-state index in [0.717, 1.165) is 5.56 Å². The number of oxazole rings is 1. The second kappa shape index (κ2) is 6.43. The van der Waals surface area contributed by atoms with Gasteiger partial charge in [0.15, 0.2) is 17.3 Å². The smallest absolute Gasteiger partial charge is 0.308 e. The Morgan fingerprint density at radius 3 is 2.55 bits per heavy atom. The number of carbonyl (C=O) groups is 2. The molecule has 0 bridgehead atoms. The van der Waals surface area contributed by atoms with Crippen molar-refractivity contribution in [2.45, 2.75) is 13.8 Å². The maximum absolute atomic E-state index is 12.5. The quantitative estimate of drug-likeness (QED) is 0.917. The van der Waals surface area contributed by atoms with Crippen molar-refractivity contribution in [2.24, 2.45) is 5.92 Å². The van der Waals surface area contributed by atoms with E-state index >= 15 is 0 Å². The van der Waals surface area contributed by atoms with Gasteiger partial charge in [-0.15, -0.1) is 0 Å². The summed E-state index contributed by atoms with van der Waals surface area (Å²) in [5, 5.41) is 8.95. The number of carboxylic acids is 1. The molecule has 1 unspecified atom stereocenters. The van der Waals surface area contributed by atoms with Crippen molar-refractivity contribution >= 4 is 11.9 Å². The zero-order chi connectivity index (χ0) is 16.3. The van der Waals surface area contributed by atoms with E-state index in [2.05, 4.69) is 4.98 Å². The Morgan fingerprint density at radius 2 is 1.95 bits per heavy atom. The van der Waals surface area contributed by atoms with Crippen LogP contribution in [0.25, 0.3) is 11.3 Å².